The number of piperidine rings is 1. The lowest BCUT2D eigenvalue weighted by atomic mass is 10.1. The van der Waals surface area contributed by atoms with Crippen LogP contribution in [0.1, 0.15) is 23.2 Å². The number of rotatable bonds is 4. The summed E-state index contributed by atoms with van der Waals surface area (Å²) in [4.78, 5) is 12.1. The molecule has 1 aliphatic heterocycles. The van der Waals surface area contributed by atoms with Crippen LogP contribution < -0.4 is 15.4 Å². The lowest BCUT2D eigenvalue weighted by Gasteiger charge is -2.26. The molecule has 1 saturated heterocycles. The Balaban J connectivity index is 1.67. The van der Waals surface area contributed by atoms with Gasteiger partial charge in [-0.3, -0.25) is 10.1 Å². The maximum absolute atomic E-state index is 13.7. The van der Waals surface area contributed by atoms with Crippen LogP contribution in [-0.4, -0.2) is 24.9 Å². The fourth-order valence-corrected chi connectivity index (χ4v) is 2.65. The molecule has 0 bridgehead atoms. The number of benzene rings is 2. The van der Waals surface area contributed by atoms with Crippen LogP contribution in [0.15, 0.2) is 42.5 Å². The number of amides is 1. The van der Waals surface area contributed by atoms with Crippen molar-refractivity contribution in [2.75, 3.05) is 11.9 Å². The first-order chi connectivity index (χ1) is 12.0. The van der Waals surface area contributed by atoms with Gasteiger partial charge in [0.05, 0.1) is 5.56 Å². The molecule has 0 saturated carbocycles. The lowest BCUT2D eigenvalue weighted by Crippen LogP contribution is -2.39. The summed E-state index contributed by atoms with van der Waals surface area (Å²) in [6.07, 6.45) is -0.422. The Morgan fingerprint density at radius 2 is 2.04 bits per heavy atom. The van der Waals surface area contributed by atoms with Gasteiger partial charge < -0.3 is 10.1 Å². The molecule has 1 heterocycles. The van der Waals surface area contributed by atoms with Gasteiger partial charge in [-0.1, -0.05) is 6.07 Å². The van der Waals surface area contributed by atoms with Gasteiger partial charge in [0.25, 0.3) is 5.91 Å². The van der Waals surface area contributed by atoms with Crippen LogP contribution in [-0.2, 0) is 0 Å². The van der Waals surface area contributed by atoms with Gasteiger partial charge in [-0.05, 0) is 30.7 Å². The number of anilines is 1. The highest BCUT2D eigenvalue weighted by Gasteiger charge is 2.22. The minimum absolute atomic E-state index is 0.247. The minimum atomic E-state index is -1.09. The first-order valence-electron chi connectivity index (χ1n) is 7.92. The molecule has 1 aliphatic rings. The second-order valence-electron chi connectivity index (χ2n) is 5.79. The molecule has 2 N–H and O–H groups in total. The Bertz CT molecular complexity index is 770. The van der Waals surface area contributed by atoms with Crippen molar-refractivity contribution >= 4 is 11.6 Å². The standard InChI is InChI=1S/C18H17F3N2O2/c19-11-4-5-15(16(20)8-11)18(24)23-12-2-1-3-13(9-12)25-14-6-7-22-17(21)10-14/h1-5,8-9,14,17,22H,6-7,10H2,(H,23,24). The fraction of sp³-hybridized carbons (Fsp3) is 0.278. The van der Waals surface area contributed by atoms with Gasteiger partial charge in [0, 0.05) is 30.8 Å². The van der Waals surface area contributed by atoms with E-state index in [-0.39, 0.29) is 18.1 Å². The number of halogens is 3. The van der Waals surface area contributed by atoms with Crippen molar-refractivity contribution in [2.45, 2.75) is 25.2 Å². The summed E-state index contributed by atoms with van der Waals surface area (Å²) in [5, 5.41) is 5.23. The molecule has 2 aromatic carbocycles. The monoisotopic (exact) mass is 350 g/mol. The molecule has 25 heavy (non-hydrogen) atoms. The van der Waals surface area contributed by atoms with Crippen LogP contribution in [0.4, 0.5) is 18.9 Å². The average molecular weight is 350 g/mol. The van der Waals surface area contributed by atoms with Gasteiger partial charge in [0.1, 0.15) is 23.5 Å². The van der Waals surface area contributed by atoms with Crippen molar-refractivity contribution < 1.29 is 22.7 Å². The number of hydrogen-bond donors (Lipinski definition) is 2. The van der Waals surface area contributed by atoms with Crippen LogP contribution in [0.5, 0.6) is 5.75 Å². The molecule has 1 amide bonds. The summed E-state index contributed by atoms with van der Waals surface area (Å²) in [6, 6.07) is 9.31. The van der Waals surface area contributed by atoms with Crippen LogP contribution in [0.25, 0.3) is 0 Å². The summed E-state index contributed by atoms with van der Waals surface area (Å²) in [7, 11) is 0. The predicted octanol–water partition coefficient (Wildman–Crippen LogP) is 3.64. The lowest BCUT2D eigenvalue weighted by molar-refractivity contribution is 0.0937. The molecule has 1 fully saturated rings. The zero-order valence-corrected chi connectivity index (χ0v) is 13.3. The highest BCUT2D eigenvalue weighted by Crippen LogP contribution is 2.23. The number of alkyl halides is 1. The van der Waals surface area contributed by atoms with E-state index in [1.54, 1.807) is 24.3 Å². The number of hydrogen-bond acceptors (Lipinski definition) is 3. The van der Waals surface area contributed by atoms with Crippen LogP contribution >= 0.6 is 0 Å². The summed E-state index contributed by atoms with van der Waals surface area (Å²) >= 11 is 0. The molecule has 0 aliphatic carbocycles. The summed E-state index contributed by atoms with van der Waals surface area (Å²) in [5.74, 6) is -1.90. The van der Waals surface area contributed by atoms with Gasteiger partial charge in [-0.15, -0.1) is 0 Å². The molecule has 0 aromatic heterocycles. The Hall–Kier alpha value is -2.54. The van der Waals surface area contributed by atoms with Crippen LogP contribution in [0.3, 0.4) is 0 Å². The number of carbonyl (C=O) groups is 1. The molecule has 132 valence electrons. The van der Waals surface area contributed by atoms with E-state index < -0.39 is 23.8 Å². The number of ether oxygens (including phenoxy) is 1. The van der Waals surface area contributed by atoms with Gasteiger partial charge in [-0.25, -0.2) is 13.2 Å². The smallest absolute Gasteiger partial charge is 0.258 e. The summed E-state index contributed by atoms with van der Waals surface area (Å²) < 4.78 is 45.7. The quantitative estimate of drug-likeness (QED) is 0.828. The molecule has 7 heteroatoms. The maximum Gasteiger partial charge on any atom is 0.258 e. The van der Waals surface area contributed by atoms with Gasteiger partial charge in [0.15, 0.2) is 6.30 Å². The van der Waals surface area contributed by atoms with Crippen molar-refractivity contribution in [2.24, 2.45) is 0 Å². The van der Waals surface area contributed by atoms with E-state index >= 15 is 0 Å². The molecule has 3 rings (SSSR count). The van der Waals surface area contributed by atoms with Crippen LogP contribution in [0.2, 0.25) is 0 Å². The average Bonchev–Trinajstić information content (AvgIpc) is 2.55. The van der Waals surface area contributed by atoms with E-state index in [0.717, 1.165) is 12.1 Å². The maximum atomic E-state index is 13.7. The van der Waals surface area contributed by atoms with Crippen molar-refractivity contribution in [1.82, 2.24) is 5.32 Å². The van der Waals surface area contributed by atoms with E-state index in [1.807, 2.05) is 0 Å². The van der Waals surface area contributed by atoms with Gasteiger partial charge in [0.2, 0.25) is 0 Å². The van der Waals surface area contributed by atoms with E-state index in [4.69, 9.17) is 4.74 Å². The highest BCUT2D eigenvalue weighted by atomic mass is 19.1. The number of carbonyl (C=O) groups excluding carboxylic acids is 1. The number of nitrogens with one attached hydrogen (secondary N) is 2. The third-order valence-electron chi connectivity index (χ3n) is 3.87. The Morgan fingerprint density at radius 1 is 1.20 bits per heavy atom. The molecule has 2 unspecified atom stereocenters. The topological polar surface area (TPSA) is 50.4 Å². The third kappa shape index (κ3) is 4.51. The molecular weight excluding hydrogens is 333 g/mol. The molecule has 2 aromatic rings. The van der Waals surface area contributed by atoms with Crippen molar-refractivity contribution in [3.05, 3.63) is 59.7 Å². The van der Waals surface area contributed by atoms with Gasteiger partial charge >= 0.3 is 0 Å². The fourth-order valence-electron chi connectivity index (χ4n) is 2.65. The van der Waals surface area contributed by atoms with E-state index in [1.165, 1.54) is 0 Å². The largest absolute Gasteiger partial charge is 0.490 e. The summed E-state index contributed by atoms with van der Waals surface area (Å²) in [6.45, 7) is 0.534. The molecule has 0 spiro atoms. The first-order valence-corrected chi connectivity index (χ1v) is 7.92. The van der Waals surface area contributed by atoms with Crippen LogP contribution in [0, 0.1) is 11.6 Å². The Labute approximate surface area is 143 Å². The van der Waals surface area contributed by atoms with Crippen molar-refractivity contribution in [3.8, 4) is 5.75 Å². The first kappa shape index (κ1) is 17.3. The molecule has 4 nitrogen and oxygen atoms in total. The zero-order valence-electron chi connectivity index (χ0n) is 13.3. The van der Waals surface area contributed by atoms with E-state index in [9.17, 15) is 18.0 Å². The summed E-state index contributed by atoms with van der Waals surface area (Å²) in [5.41, 5.74) is 0.142. The normalized spacial score (nSPS) is 20.1. The Morgan fingerprint density at radius 3 is 2.80 bits per heavy atom. The second-order valence-corrected chi connectivity index (χ2v) is 5.79. The second kappa shape index (κ2) is 7.57. The molecule has 2 atom stereocenters. The zero-order chi connectivity index (χ0) is 17.8. The van der Waals surface area contributed by atoms with E-state index in [0.29, 0.717) is 30.5 Å². The van der Waals surface area contributed by atoms with E-state index in [2.05, 4.69) is 10.6 Å². The SMILES string of the molecule is O=C(Nc1cccc(OC2CCNC(F)C2)c1)c1ccc(F)cc1F. The molecule has 0 radical (unpaired) electrons. The van der Waals surface area contributed by atoms with Crippen molar-refractivity contribution in [1.29, 1.82) is 0 Å². The van der Waals surface area contributed by atoms with Crippen molar-refractivity contribution in [3.63, 3.8) is 0 Å². The Kier molecular flexibility index (Phi) is 5.23. The minimum Gasteiger partial charge on any atom is -0.490 e. The third-order valence-corrected chi connectivity index (χ3v) is 3.87. The highest BCUT2D eigenvalue weighted by molar-refractivity contribution is 6.04. The molecular formula is C18H17F3N2O2. The predicted molar refractivity (Wildman–Crippen MR) is 87.3 cm³/mol. The van der Waals surface area contributed by atoms with Gasteiger partial charge in [-0.2, -0.15) is 0 Å².